The van der Waals surface area contributed by atoms with Gasteiger partial charge in [0.25, 0.3) is 5.56 Å². The molecule has 10 N–H and O–H groups in total. The number of halogens is 1. The van der Waals surface area contributed by atoms with Crippen LogP contribution in [-0.4, -0.2) is 114 Å². The van der Waals surface area contributed by atoms with Crippen LogP contribution in [0.2, 0.25) is 0 Å². The Morgan fingerprint density at radius 3 is 2.35 bits per heavy atom. The zero-order chi connectivity index (χ0) is 30.8. The highest BCUT2D eigenvalue weighted by Gasteiger charge is 2.50. The van der Waals surface area contributed by atoms with Gasteiger partial charge in [0.15, 0.2) is 40.6 Å². The number of H-pyrrole nitrogens is 1. The molecule has 21 nitrogen and oxygen atoms in total. The predicted octanol–water partition coefficient (Wildman–Crippen LogP) is -3.36. The molecule has 2 fully saturated rings. The summed E-state index contributed by atoms with van der Waals surface area (Å²) in [5, 5.41) is 41.4. The average molecular weight is 630 g/mol. The Balaban J connectivity index is 1.19. The summed E-state index contributed by atoms with van der Waals surface area (Å²) in [5.41, 5.74) is 10.2. The second-order valence-electron chi connectivity index (χ2n) is 9.60. The largest absolute Gasteiger partial charge is 0.472 e. The molecule has 0 aliphatic carbocycles. The van der Waals surface area contributed by atoms with Gasteiger partial charge in [-0.15, -0.1) is 0 Å². The van der Waals surface area contributed by atoms with E-state index in [1.807, 2.05) is 0 Å². The first-order valence-electron chi connectivity index (χ1n) is 12.4. The van der Waals surface area contributed by atoms with Crippen LogP contribution >= 0.6 is 7.82 Å². The number of fused-ring (bicyclic) bond motifs is 2. The molecule has 43 heavy (non-hydrogen) atoms. The van der Waals surface area contributed by atoms with E-state index in [4.69, 9.17) is 30.0 Å². The fourth-order valence-corrected chi connectivity index (χ4v) is 5.81. The summed E-state index contributed by atoms with van der Waals surface area (Å²) in [6.45, 7) is -1.54. The fraction of sp³-hybridized carbons (Fsp3) is 0.500. The van der Waals surface area contributed by atoms with E-state index in [2.05, 4.69) is 29.9 Å². The second-order valence-corrected chi connectivity index (χ2v) is 11.0. The van der Waals surface area contributed by atoms with Gasteiger partial charge in [-0.05, 0) is 0 Å². The number of aromatic nitrogens is 8. The molecule has 6 rings (SSSR count). The highest BCUT2D eigenvalue weighted by Crippen LogP contribution is 2.50. The van der Waals surface area contributed by atoms with Gasteiger partial charge in [0.2, 0.25) is 5.95 Å². The number of anilines is 2. The van der Waals surface area contributed by atoms with E-state index in [0.717, 1.165) is 21.8 Å². The maximum atomic E-state index is 13.8. The number of nitrogens with one attached hydrogen (secondary N) is 1. The van der Waals surface area contributed by atoms with Crippen molar-refractivity contribution in [3.63, 3.8) is 0 Å². The third kappa shape index (κ3) is 5.12. The molecule has 2 aliphatic heterocycles. The van der Waals surface area contributed by atoms with Crippen LogP contribution in [0.15, 0.2) is 17.4 Å². The van der Waals surface area contributed by atoms with Gasteiger partial charge in [0.1, 0.15) is 36.6 Å². The van der Waals surface area contributed by atoms with Gasteiger partial charge >= 0.3 is 13.9 Å². The molecule has 4 aromatic heterocycles. The Bertz CT molecular complexity index is 1790. The molecule has 9 atom stereocenters. The number of aliphatic hydroxyl groups is 4. The molecule has 0 radical (unpaired) electrons. The van der Waals surface area contributed by atoms with E-state index in [-0.39, 0.29) is 34.1 Å². The van der Waals surface area contributed by atoms with Gasteiger partial charge < -0.3 is 46.3 Å². The van der Waals surface area contributed by atoms with E-state index >= 15 is 0 Å². The van der Waals surface area contributed by atoms with Crippen molar-refractivity contribution in [1.29, 1.82) is 0 Å². The molecule has 2 unspecified atom stereocenters. The molecule has 0 saturated carbocycles. The summed E-state index contributed by atoms with van der Waals surface area (Å²) < 4.78 is 50.4. The maximum absolute atomic E-state index is 13.8. The zero-order valence-electron chi connectivity index (χ0n) is 21.5. The first-order chi connectivity index (χ1) is 20.4. The van der Waals surface area contributed by atoms with Crippen LogP contribution < -0.4 is 17.0 Å². The number of ether oxygens (including phenoxy) is 2. The number of hydrogen-bond donors (Lipinski definition) is 8. The monoisotopic (exact) mass is 630 g/mol. The lowest BCUT2D eigenvalue weighted by Crippen LogP contribution is -2.36. The van der Waals surface area contributed by atoms with Crippen LogP contribution in [-0.2, 0) is 23.1 Å². The fourth-order valence-electron chi connectivity index (χ4n) is 4.88. The molecule has 2 aliphatic rings. The summed E-state index contributed by atoms with van der Waals surface area (Å²) in [7, 11) is -5.11. The minimum absolute atomic E-state index is 0.000825. The Morgan fingerprint density at radius 2 is 1.63 bits per heavy atom. The summed E-state index contributed by atoms with van der Waals surface area (Å²) in [4.78, 5) is 43.7. The zero-order valence-corrected chi connectivity index (χ0v) is 22.4. The minimum atomic E-state index is -5.11. The Hall–Kier alpha value is -3.70. The van der Waals surface area contributed by atoms with Gasteiger partial charge in [0, 0.05) is 0 Å². The highest BCUT2D eigenvalue weighted by atomic mass is 31.2. The number of nitrogen functional groups attached to an aromatic ring is 2. The normalized spacial score (nSPS) is 30.8. The van der Waals surface area contributed by atoms with Crippen LogP contribution in [0.5, 0.6) is 0 Å². The quantitative estimate of drug-likeness (QED) is 0.0695. The molecular weight excluding hydrogens is 606 g/mol. The lowest BCUT2D eigenvalue weighted by Gasteiger charge is -2.24. The number of imidazole rings is 2. The number of nitrogens with two attached hydrogens (primary N) is 2. The number of aromatic amines is 1. The summed E-state index contributed by atoms with van der Waals surface area (Å²) in [6, 6.07) is 0. The number of rotatable bonds is 8. The lowest BCUT2D eigenvalue weighted by atomic mass is 10.1. The molecule has 6 heterocycles. The third-order valence-electron chi connectivity index (χ3n) is 6.91. The maximum Gasteiger partial charge on any atom is 0.472 e. The van der Waals surface area contributed by atoms with Gasteiger partial charge in [-0.1, -0.05) is 0 Å². The van der Waals surface area contributed by atoms with Gasteiger partial charge in [-0.25, -0.2) is 14.5 Å². The molecule has 4 aromatic rings. The van der Waals surface area contributed by atoms with Crippen molar-refractivity contribution < 1.29 is 52.8 Å². The van der Waals surface area contributed by atoms with Crippen molar-refractivity contribution in [1.82, 2.24) is 39.0 Å². The van der Waals surface area contributed by atoms with Crippen LogP contribution in [0, 0.1) is 6.08 Å². The molecule has 0 spiro atoms. The molecule has 0 amide bonds. The van der Waals surface area contributed by atoms with E-state index in [1.54, 1.807) is 0 Å². The topological polar surface area (TPSA) is 314 Å². The summed E-state index contributed by atoms with van der Waals surface area (Å²) >= 11 is 0. The number of phosphoric ester groups is 1. The third-order valence-corrected chi connectivity index (χ3v) is 7.89. The number of nitrogens with zero attached hydrogens (tertiary/aromatic N) is 7. The van der Waals surface area contributed by atoms with E-state index in [9.17, 15) is 39.1 Å². The van der Waals surface area contributed by atoms with Gasteiger partial charge in [0.05, 0.1) is 25.9 Å². The number of hydrogen-bond acceptors (Lipinski definition) is 17. The average Bonchev–Trinajstić information content (AvgIpc) is 3.69. The first kappa shape index (κ1) is 29.4. The Morgan fingerprint density at radius 1 is 0.977 bits per heavy atom. The molecule has 0 aromatic carbocycles. The molecule has 23 heteroatoms. The van der Waals surface area contributed by atoms with Crippen LogP contribution in [0.4, 0.5) is 16.2 Å². The van der Waals surface area contributed by atoms with Crippen LogP contribution in [0.3, 0.4) is 0 Å². The Kier molecular flexibility index (Phi) is 7.37. The lowest BCUT2D eigenvalue weighted by molar-refractivity contribution is -0.0616. The standard InChI is InChI=1S/C20H24FN10O11P/c21-19-26-13(22)7-14(27-19)30(3-24-7)17-11(35)9(33)6(41-17)2-39-43(37,38)42-12-10(34)5(1-32)40-18(12)31-4-25-8-15(31)28-20(23)29-16(8)36/h3-6,9-12,17-18,32-35H,1-2H2,(H,37,38)(H2,22,26,27)(H3,23,28,29,36)/t5?,6-,9-,10-,11-,12-,17-,18-/m1/s1. The predicted molar refractivity (Wildman–Crippen MR) is 136 cm³/mol. The van der Waals surface area contributed by atoms with Crippen molar-refractivity contribution >= 4 is 41.9 Å². The highest BCUT2D eigenvalue weighted by molar-refractivity contribution is 7.47. The second kappa shape index (κ2) is 10.8. The van der Waals surface area contributed by atoms with Crippen LogP contribution in [0.1, 0.15) is 12.5 Å². The SMILES string of the molecule is Nc1nc2c(ncn2[C@@H]2OC(CO)[C@@H](O)[C@H]2OP(=O)(O)OC[C@H]2O[C@@H](n3cnc4c(N)nc(F)nc43)[C@H](O)[C@@H]2O)c(=O)[nH]1. The van der Waals surface area contributed by atoms with Gasteiger partial charge in [-0.2, -0.15) is 19.3 Å². The van der Waals surface area contributed by atoms with E-state index in [1.165, 1.54) is 0 Å². The minimum Gasteiger partial charge on any atom is -0.394 e. The molecular formula is C20H24FN10O11P. The van der Waals surface area contributed by atoms with Gasteiger partial charge in [-0.3, -0.25) is 28.0 Å². The summed E-state index contributed by atoms with van der Waals surface area (Å²) in [5.74, 6) is -0.549. The first-order valence-corrected chi connectivity index (χ1v) is 13.9. The van der Waals surface area contributed by atoms with Crippen LogP contribution in [0.25, 0.3) is 22.3 Å². The molecule has 232 valence electrons. The van der Waals surface area contributed by atoms with E-state index < -0.39 is 81.8 Å². The number of aliphatic hydroxyl groups excluding tert-OH is 4. The van der Waals surface area contributed by atoms with Crippen molar-refractivity contribution in [3.05, 3.63) is 29.1 Å². The number of phosphoric acid groups is 1. The van der Waals surface area contributed by atoms with Crippen molar-refractivity contribution in [2.45, 2.75) is 49.1 Å². The smallest absolute Gasteiger partial charge is 0.394 e. The molecule has 2 saturated heterocycles. The van der Waals surface area contributed by atoms with Crippen molar-refractivity contribution in [3.8, 4) is 0 Å². The van der Waals surface area contributed by atoms with Crippen molar-refractivity contribution in [2.24, 2.45) is 0 Å². The van der Waals surface area contributed by atoms with Crippen molar-refractivity contribution in [2.75, 3.05) is 24.7 Å². The molecule has 0 bridgehead atoms. The Labute approximate surface area is 237 Å². The summed E-state index contributed by atoms with van der Waals surface area (Å²) in [6.07, 6.45) is -11.2. The van der Waals surface area contributed by atoms with E-state index in [0.29, 0.717) is 0 Å².